The van der Waals surface area contributed by atoms with Gasteiger partial charge in [-0.2, -0.15) is 91.0 Å². The Morgan fingerprint density at radius 2 is 0.676 bits per heavy atom. The van der Waals surface area contributed by atoms with Gasteiger partial charge in [-0.15, -0.1) is 16.7 Å². The van der Waals surface area contributed by atoms with E-state index in [9.17, 15) is 0 Å². The van der Waals surface area contributed by atoms with E-state index in [0.29, 0.717) is 0 Å². The van der Waals surface area contributed by atoms with Gasteiger partial charge in [0.2, 0.25) is 0 Å². The molecule has 0 aliphatic heterocycles. The minimum atomic E-state index is 0. The van der Waals surface area contributed by atoms with Gasteiger partial charge in [-0.3, -0.25) is 0 Å². The van der Waals surface area contributed by atoms with Crippen LogP contribution < -0.4 is 0 Å². The van der Waals surface area contributed by atoms with Gasteiger partial charge in [0, 0.05) is 19.6 Å². The number of benzene rings is 3. The molecular formula is C33H48CrN3. The summed E-state index contributed by atoms with van der Waals surface area (Å²) in [6.45, 7) is 22.8. The molecule has 0 atom stereocenters. The number of hydrogen-bond acceptors (Lipinski definition) is 3. The molecule has 0 amide bonds. The van der Waals surface area contributed by atoms with Crippen LogP contribution in [-0.2, 0) is 37.0 Å². The normalized spacial score (nSPS) is 10.3. The minimum Gasteiger partial charge on any atom is -0.302 e. The topological polar surface area (TPSA) is 9.72 Å². The Morgan fingerprint density at radius 1 is 0.432 bits per heavy atom. The van der Waals surface area contributed by atoms with E-state index in [0.717, 1.165) is 58.9 Å². The molecule has 3 nitrogen and oxygen atoms in total. The molecule has 3 rings (SSSR count). The van der Waals surface area contributed by atoms with Crippen molar-refractivity contribution in [1.82, 2.24) is 14.7 Å². The van der Waals surface area contributed by atoms with Crippen LogP contribution in [-0.4, -0.2) is 54.0 Å². The summed E-state index contributed by atoms with van der Waals surface area (Å²) < 4.78 is 0. The predicted molar refractivity (Wildman–Crippen MR) is 156 cm³/mol. The van der Waals surface area contributed by atoms with Crippen LogP contribution in [0.2, 0.25) is 0 Å². The molecule has 0 bridgehead atoms. The van der Waals surface area contributed by atoms with E-state index < -0.39 is 0 Å². The maximum Gasteiger partial charge on any atom is 3.00 e. The summed E-state index contributed by atoms with van der Waals surface area (Å²) in [5.41, 5.74) is 3.84. The quantitative estimate of drug-likeness (QED) is 0.230. The van der Waals surface area contributed by atoms with Gasteiger partial charge in [0.25, 0.3) is 0 Å². The molecule has 0 saturated heterocycles. The fraction of sp³-hybridized carbons (Fsp3) is 0.455. The zero-order valence-electron chi connectivity index (χ0n) is 24.0. The summed E-state index contributed by atoms with van der Waals surface area (Å²) in [6, 6.07) is 34.2. The molecule has 1 radical (unpaired) electrons. The molecule has 4 heteroatoms. The van der Waals surface area contributed by atoms with E-state index in [1.54, 1.807) is 0 Å². The zero-order valence-corrected chi connectivity index (χ0v) is 25.3. The number of hydrogen-bond donors (Lipinski definition) is 0. The van der Waals surface area contributed by atoms with E-state index in [-0.39, 0.29) is 17.4 Å². The third kappa shape index (κ3) is 16.5. The second-order valence-electron chi connectivity index (χ2n) is 8.55. The summed E-state index contributed by atoms with van der Waals surface area (Å²) >= 11 is 0. The first-order valence-corrected chi connectivity index (χ1v) is 13.6. The monoisotopic (exact) mass is 538 g/mol. The molecule has 0 heterocycles. The van der Waals surface area contributed by atoms with E-state index in [1.165, 1.54) is 16.7 Å². The summed E-state index contributed by atoms with van der Waals surface area (Å²) in [5.74, 6) is 0. The van der Waals surface area contributed by atoms with E-state index in [2.05, 4.69) is 111 Å². The molecule has 0 spiro atoms. The van der Waals surface area contributed by atoms with Crippen LogP contribution in [0, 0.1) is 18.2 Å². The van der Waals surface area contributed by atoms with Crippen molar-refractivity contribution in [1.29, 1.82) is 0 Å². The summed E-state index contributed by atoms with van der Waals surface area (Å²) in [5, 5.41) is 0. The van der Waals surface area contributed by atoms with Crippen LogP contribution in [0.1, 0.15) is 58.2 Å². The van der Waals surface area contributed by atoms with Gasteiger partial charge in [-0.25, -0.2) is 0 Å². The van der Waals surface area contributed by atoms with Crippen molar-refractivity contribution >= 4 is 0 Å². The van der Waals surface area contributed by atoms with Crippen molar-refractivity contribution in [2.24, 2.45) is 0 Å². The maximum absolute atomic E-state index is 3.23. The van der Waals surface area contributed by atoms with Crippen LogP contribution in [0.25, 0.3) is 0 Å². The van der Waals surface area contributed by atoms with Crippen LogP contribution in [0.5, 0.6) is 0 Å². The fourth-order valence-electron chi connectivity index (χ4n) is 3.65. The Labute approximate surface area is 239 Å². The third-order valence-electron chi connectivity index (χ3n) is 6.19. The Hall–Kier alpha value is -1.93. The van der Waals surface area contributed by atoms with Gasteiger partial charge in [-0.05, 0) is 39.3 Å². The molecular weight excluding hydrogens is 490 g/mol. The third-order valence-corrected chi connectivity index (χ3v) is 6.19. The Bertz CT molecular complexity index is 729. The molecule has 0 aliphatic rings. The van der Waals surface area contributed by atoms with E-state index in [4.69, 9.17) is 0 Å². The summed E-state index contributed by atoms with van der Waals surface area (Å²) in [4.78, 5) is 7.14. The average Bonchev–Trinajstić information content (AvgIpc) is 2.95. The second-order valence-corrected chi connectivity index (χ2v) is 8.55. The summed E-state index contributed by atoms with van der Waals surface area (Å²) in [7, 11) is 0. The Morgan fingerprint density at radius 3 is 0.838 bits per heavy atom. The zero-order chi connectivity index (χ0) is 26.4. The largest absolute Gasteiger partial charge is 3.00 e. The van der Waals surface area contributed by atoms with Crippen molar-refractivity contribution in [2.75, 3.05) is 39.3 Å². The molecule has 0 saturated carbocycles. The maximum atomic E-state index is 3.23. The number of rotatable bonds is 12. The van der Waals surface area contributed by atoms with E-state index in [1.807, 2.05) is 36.4 Å². The van der Waals surface area contributed by atoms with Crippen molar-refractivity contribution in [2.45, 2.75) is 61.2 Å². The van der Waals surface area contributed by atoms with Crippen LogP contribution >= 0.6 is 0 Å². The molecule has 0 unspecified atom stereocenters. The SMILES string of the molecule is CCN(CC)Cc1[c-]cccc1.CCN(CC)Cc1[c-]cccc1.CCN(CC)Cc1[c-]cccc1.[Cr+3]. The average molecular weight is 539 g/mol. The van der Waals surface area contributed by atoms with Crippen molar-refractivity contribution < 1.29 is 17.4 Å². The predicted octanol–water partition coefficient (Wildman–Crippen LogP) is 6.98. The Kier molecular flexibility index (Phi) is 22.0. The van der Waals surface area contributed by atoms with Gasteiger partial charge < -0.3 is 14.7 Å². The molecule has 0 aliphatic carbocycles. The van der Waals surface area contributed by atoms with Gasteiger partial charge in [0.15, 0.2) is 0 Å². The molecule has 3 aromatic carbocycles. The Balaban J connectivity index is 0.000000518. The first-order chi connectivity index (χ1) is 17.6. The first kappa shape index (κ1) is 35.1. The molecule has 0 N–H and O–H groups in total. The molecule has 0 fully saturated rings. The van der Waals surface area contributed by atoms with Gasteiger partial charge in [0.1, 0.15) is 0 Å². The first-order valence-electron chi connectivity index (χ1n) is 13.6. The molecule has 3 aromatic rings. The molecule has 37 heavy (non-hydrogen) atoms. The van der Waals surface area contributed by atoms with Crippen molar-refractivity contribution in [3.8, 4) is 0 Å². The molecule has 201 valence electrons. The van der Waals surface area contributed by atoms with Crippen LogP contribution in [0.4, 0.5) is 0 Å². The standard InChI is InChI=1S/3C11H16N.Cr/c3*1-3-12(4-2)10-11-8-6-5-7-9-11;/h3*5-8H,3-4,10H2,1-2H3;/q3*-1;+3. The van der Waals surface area contributed by atoms with Crippen molar-refractivity contribution in [3.05, 3.63) is 108 Å². The summed E-state index contributed by atoms with van der Waals surface area (Å²) in [6.07, 6.45) is 0. The fourth-order valence-corrected chi connectivity index (χ4v) is 3.65. The number of nitrogens with zero attached hydrogens (tertiary/aromatic N) is 3. The van der Waals surface area contributed by atoms with Crippen LogP contribution in [0.15, 0.2) is 72.8 Å². The van der Waals surface area contributed by atoms with Gasteiger partial charge >= 0.3 is 17.4 Å². The van der Waals surface area contributed by atoms with Crippen molar-refractivity contribution in [3.63, 3.8) is 0 Å². The van der Waals surface area contributed by atoms with E-state index >= 15 is 0 Å². The molecule has 0 aromatic heterocycles. The van der Waals surface area contributed by atoms with Gasteiger partial charge in [0.05, 0.1) is 0 Å². The van der Waals surface area contributed by atoms with Gasteiger partial charge in [-0.1, -0.05) is 41.5 Å². The second kappa shape index (κ2) is 23.2. The van der Waals surface area contributed by atoms with Crippen LogP contribution in [0.3, 0.4) is 0 Å². The minimum absolute atomic E-state index is 0. The smallest absolute Gasteiger partial charge is 0.302 e.